The quantitative estimate of drug-likeness (QED) is 0.761. The van der Waals surface area contributed by atoms with Crippen LogP contribution >= 0.6 is 0 Å². The van der Waals surface area contributed by atoms with Crippen molar-refractivity contribution in [1.29, 1.82) is 0 Å². The van der Waals surface area contributed by atoms with Gasteiger partial charge in [0.05, 0.1) is 11.6 Å². The summed E-state index contributed by atoms with van der Waals surface area (Å²) in [7, 11) is 0. The van der Waals surface area contributed by atoms with Crippen molar-refractivity contribution in [3.05, 3.63) is 59.7 Å². The summed E-state index contributed by atoms with van der Waals surface area (Å²) in [6.45, 7) is 3.91. The fraction of sp³-hybridized carbons (Fsp3) is 0.417. The minimum Gasteiger partial charge on any atom is -0.371 e. The Morgan fingerprint density at radius 1 is 1.00 bits per heavy atom. The Morgan fingerprint density at radius 3 is 2.38 bits per heavy atom. The zero-order valence-electron chi connectivity index (χ0n) is 17.0. The summed E-state index contributed by atoms with van der Waals surface area (Å²) >= 11 is 0. The highest BCUT2D eigenvalue weighted by atomic mass is 16.2. The molecule has 2 aliphatic rings. The highest BCUT2D eigenvalue weighted by molar-refractivity contribution is 6.02. The average Bonchev–Trinajstić information content (AvgIpc) is 3.21. The molecule has 0 spiro atoms. The van der Waals surface area contributed by atoms with Crippen molar-refractivity contribution in [2.45, 2.75) is 45.1 Å². The summed E-state index contributed by atoms with van der Waals surface area (Å²) in [6, 6.07) is 15.6. The van der Waals surface area contributed by atoms with Gasteiger partial charge in [0.15, 0.2) is 0 Å². The minimum absolute atomic E-state index is 0.0641. The fourth-order valence-corrected chi connectivity index (χ4v) is 4.04. The van der Waals surface area contributed by atoms with Gasteiger partial charge in [0, 0.05) is 30.4 Å². The molecule has 1 aliphatic heterocycles. The van der Waals surface area contributed by atoms with Gasteiger partial charge >= 0.3 is 0 Å². The predicted molar refractivity (Wildman–Crippen MR) is 116 cm³/mol. The van der Waals surface area contributed by atoms with Crippen LogP contribution in [0, 0.1) is 5.92 Å². The molecule has 2 fully saturated rings. The average molecular weight is 392 g/mol. The third-order valence-corrected chi connectivity index (χ3v) is 6.08. The molecule has 1 saturated carbocycles. The standard InChI is InChI=1S/C24H29N3O2/c1-17(18-8-3-2-4-9-18)25-24(29)21-16-20(26-23(28)19-10-7-11-19)12-13-22(21)27-14-5-6-15-27/h2-4,8-9,12-13,16-17,19H,5-7,10-11,14-15H2,1H3,(H,25,29)(H,26,28). The monoisotopic (exact) mass is 391 g/mol. The highest BCUT2D eigenvalue weighted by Gasteiger charge is 2.26. The molecule has 2 N–H and O–H groups in total. The second kappa shape index (κ2) is 8.68. The van der Waals surface area contributed by atoms with Gasteiger partial charge in [-0.3, -0.25) is 9.59 Å². The van der Waals surface area contributed by atoms with Crippen molar-refractivity contribution in [2.24, 2.45) is 5.92 Å². The Labute approximate surface area is 172 Å². The molecule has 1 saturated heterocycles. The molecule has 152 valence electrons. The van der Waals surface area contributed by atoms with Crippen LogP contribution in [0.3, 0.4) is 0 Å². The molecule has 1 aliphatic carbocycles. The smallest absolute Gasteiger partial charge is 0.253 e. The molecule has 29 heavy (non-hydrogen) atoms. The number of rotatable bonds is 6. The zero-order chi connectivity index (χ0) is 20.2. The first-order chi connectivity index (χ1) is 14.1. The first kappa shape index (κ1) is 19.5. The lowest BCUT2D eigenvalue weighted by molar-refractivity contribution is -0.122. The molecular formula is C24H29N3O2. The molecule has 1 atom stereocenters. The molecule has 2 amide bonds. The molecular weight excluding hydrogens is 362 g/mol. The number of hydrogen-bond donors (Lipinski definition) is 2. The number of nitrogens with one attached hydrogen (secondary N) is 2. The van der Waals surface area contributed by atoms with Crippen LogP contribution in [0.4, 0.5) is 11.4 Å². The van der Waals surface area contributed by atoms with Gasteiger partial charge in [-0.1, -0.05) is 36.8 Å². The van der Waals surface area contributed by atoms with E-state index in [1.165, 1.54) is 0 Å². The van der Waals surface area contributed by atoms with Crippen LogP contribution in [0.1, 0.15) is 61.0 Å². The lowest BCUT2D eigenvalue weighted by Crippen LogP contribution is -2.30. The number of carbonyl (C=O) groups is 2. The molecule has 1 heterocycles. The number of nitrogens with zero attached hydrogens (tertiary/aromatic N) is 1. The predicted octanol–water partition coefficient (Wildman–Crippen LogP) is 4.52. The number of anilines is 2. The fourth-order valence-electron chi connectivity index (χ4n) is 4.04. The van der Waals surface area contributed by atoms with Gasteiger partial charge in [0.2, 0.25) is 5.91 Å². The molecule has 0 bridgehead atoms. The second-order valence-electron chi connectivity index (χ2n) is 8.15. The van der Waals surface area contributed by atoms with Crippen molar-refractivity contribution >= 4 is 23.2 Å². The molecule has 0 radical (unpaired) electrons. The normalized spacial score (nSPS) is 17.5. The van der Waals surface area contributed by atoms with Crippen LogP contribution in [-0.2, 0) is 4.79 Å². The summed E-state index contributed by atoms with van der Waals surface area (Å²) < 4.78 is 0. The van der Waals surface area contributed by atoms with Crippen LogP contribution in [0.15, 0.2) is 48.5 Å². The zero-order valence-corrected chi connectivity index (χ0v) is 17.0. The molecule has 5 nitrogen and oxygen atoms in total. The molecule has 0 aromatic heterocycles. The maximum atomic E-state index is 13.2. The minimum atomic E-state index is -0.108. The van der Waals surface area contributed by atoms with E-state index >= 15 is 0 Å². The van der Waals surface area contributed by atoms with Crippen LogP contribution in [0.5, 0.6) is 0 Å². The molecule has 4 rings (SSSR count). The molecule has 5 heteroatoms. The number of hydrogen-bond acceptors (Lipinski definition) is 3. The number of benzene rings is 2. The largest absolute Gasteiger partial charge is 0.371 e. The van der Waals surface area contributed by atoms with Crippen LogP contribution in [0.2, 0.25) is 0 Å². The summed E-state index contributed by atoms with van der Waals surface area (Å²) in [6.07, 6.45) is 5.32. The Kier molecular flexibility index (Phi) is 5.84. The molecule has 1 unspecified atom stereocenters. The van der Waals surface area contributed by atoms with Crippen molar-refractivity contribution in [3.8, 4) is 0 Å². The number of amides is 2. The Hall–Kier alpha value is -2.82. The lowest BCUT2D eigenvalue weighted by atomic mass is 9.85. The van der Waals surface area contributed by atoms with Gasteiger partial charge in [-0.2, -0.15) is 0 Å². The van der Waals surface area contributed by atoms with E-state index in [-0.39, 0.29) is 23.8 Å². The Morgan fingerprint density at radius 2 is 1.72 bits per heavy atom. The summed E-state index contributed by atoms with van der Waals surface area (Å²) in [5, 5.41) is 6.13. The summed E-state index contributed by atoms with van der Waals surface area (Å²) in [5.74, 6) is 0.0702. The van der Waals surface area contributed by atoms with Crippen molar-refractivity contribution < 1.29 is 9.59 Å². The van der Waals surface area contributed by atoms with Gasteiger partial charge < -0.3 is 15.5 Å². The topological polar surface area (TPSA) is 61.4 Å². The Bertz CT molecular complexity index is 871. The first-order valence-corrected chi connectivity index (χ1v) is 10.7. The maximum Gasteiger partial charge on any atom is 0.253 e. The van der Waals surface area contributed by atoms with E-state index in [0.717, 1.165) is 56.4 Å². The van der Waals surface area contributed by atoms with E-state index < -0.39 is 0 Å². The highest BCUT2D eigenvalue weighted by Crippen LogP contribution is 2.30. The second-order valence-corrected chi connectivity index (χ2v) is 8.15. The maximum absolute atomic E-state index is 13.2. The van der Waals surface area contributed by atoms with Crippen molar-refractivity contribution in [2.75, 3.05) is 23.3 Å². The first-order valence-electron chi connectivity index (χ1n) is 10.7. The number of carbonyl (C=O) groups excluding carboxylic acids is 2. The van der Waals surface area contributed by atoms with Crippen molar-refractivity contribution in [3.63, 3.8) is 0 Å². The van der Waals surface area contributed by atoms with E-state index in [1.807, 2.05) is 55.5 Å². The SMILES string of the molecule is CC(NC(=O)c1cc(NC(=O)C2CCC2)ccc1N1CCCC1)c1ccccc1. The van der Waals surface area contributed by atoms with Gasteiger partial charge in [-0.25, -0.2) is 0 Å². The third-order valence-electron chi connectivity index (χ3n) is 6.08. The summed E-state index contributed by atoms with van der Waals surface area (Å²) in [4.78, 5) is 27.8. The third kappa shape index (κ3) is 4.44. The van der Waals surface area contributed by atoms with Crippen LogP contribution in [0.25, 0.3) is 0 Å². The van der Waals surface area contributed by atoms with Crippen LogP contribution in [-0.4, -0.2) is 24.9 Å². The van der Waals surface area contributed by atoms with E-state index in [2.05, 4.69) is 15.5 Å². The molecule has 2 aromatic rings. The van der Waals surface area contributed by atoms with Gasteiger partial charge in [0.1, 0.15) is 0 Å². The van der Waals surface area contributed by atoms with Gasteiger partial charge in [0.25, 0.3) is 5.91 Å². The lowest BCUT2D eigenvalue weighted by Gasteiger charge is -2.25. The summed E-state index contributed by atoms with van der Waals surface area (Å²) in [5.41, 5.74) is 3.34. The van der Waals surface area contributed by atoms with Gasteiger partial charge in [-0.05, 0) is 56.4 Å². The van der Waals surface area contributed by atoms with E-state index in [9.17, 15) is 9.59 Å². The Balaban J connectivity index is 1.56. The van der Waals surface area contributed by atoms with Crippen LogP contribution < -0.4 is 15.5 Å². The van der Waals surface area contributed by atoms with E-state index in [4.69, 9.17) is 0 Å². The molecule has 2 aromatic carbocycles. The van der Waals surface area contributed by atoms with E-state index in [1.54, 1.807) is 0 Å². The van der Waals surface area contributed by atoms with E-state index in [0.29, 0.717) is 11.3 Å². The van der Waals surface area contributed by atoms with Gasteiger partial charge in [-0.15, -0.1) is 0 Å². The van der Waals surface area contributed by atoms with Crippen molar-refractivity contribution in [1.82, 2.24) is 5.32 Å².